The van der Waals surface area contributed by atoms with Gasteiger partial charge < -0.3 is 10.5 Å². The zero-order valence-electron chi connectivity index (χ0n) is 11.4. The van der Waals surface area contributed by atoms with E-state index in [2.05, 4.69) is 16.9 Å². The molecule has 2 rings (SSSR count). The van der Waals surface area contributed by atoms with Crippen LogP contribution in [-0.2, 0) is 11.3 Å². The molecule has 2 N–H and O–H groups in total. The molecule has 0 bridgehead atoms. The van der Waals surface area contributed by atoms with E-state index < -0.39 is 0 Å². The monoisotopic (exact) mass is 249 g/mol. The zero-order chi connectivity index (χ0) is 13.0. The summed E-state index contributed by atoms with van der Waals surface area (Å²) in [5.74, 6) is 1.92. The molecule has 0 aromatic carbocycles. The highest BCUT2D eigenvalue weighted by molar-refractivity contribution is 5.28. The molecule has 1 fully saturated rings. The topological polar surface area (TPSA) is 61.0 Å². The molecule has 1 aliphatic carbocycles. The smallest absolute Gasteiger partial charge is 0.156 e. The van der Waals surface area contributed by atoms with Crippen molar-refractivity contribution in [3.05, 3.63) is 17.6 Å². The SMILES string of the molecule is CCC1CCCCC1OCc1nc(C)cc(N)n1. The fraction of sp³-hybridized carbons (Fsp3) is 0.714. The van der Waals surface area contributed by atoms with Crippen LogP contribution in [0.3, 0.4) is 0 Å². The lowest BCUT2D eigenvalue weighted by atomic mass is 9.85. The average molecular weight is 249 g/mol. The molecule has 0 amide bonds. The van der Waals surface area contributed by atoms with Crippen molar-refractivity contribution in [3.63, 3.8) is 0 Å². The Labute approximate surface area is 109 Å². The summed E-state index contributed by atoms with van der Waals surface area (Å²) in [6.45, 7) is 4.65. The maximum atomic E-state index is 6.00. The minimum absolute atomic E-state index is 0.370. The minimum atomic E-state index is 0.370. The van der Waals surface area contributed by atoms with Crippen molar-refractivity contribution in [2.75, 3.05) is 5.73 Å². The van der Waals surface area contributed by atoms with Crippen LogP contribution in [0.25, 0.3) is 0 Å². The highest BCUT2D eigenvalue weighted by Crippen LogP contribution is 2.29. The molecule has 1 aromatic heterocycles. The third-order valence-corrected chi connectivity index (χ3v) is 3.71. The van der Waals surface area contributed by atoms with Gasteiger partial charge >= 0.3 is 0 Å². The second-order valence-corrected chi connectivity index (χ2v) is 5.15. The molecular weight excluding hydrogens is 226 g/mol. The summed E-state index contributed by atoms with van der Waals surface area (Å²) in [5.41, 5.74) is 6.61. The van der Waals surface area contributed by atoms with E-state index in [1.54, 1.807) is 6.07 Å². The first-order valence-electron chi connectivity index (χ1n) is 6.90. The highest BCUT2D eigenvalue weighted by Gasteiger charge is 2.24. The normalized spacial score (nSPS) is 24.1. The molecular formula is C14H23N3O. The van der Waals surface area contributed by atoms with E-state index in [1.807, 2.05) is 6.92 Å². The summed E-state index contributed by atoms with van der Waals surface area (Å²) in [6, 6.07) is 1.78. The molecule has 1 saturated carbocycles. The van der Waals surface area contributed by atoms with Crippen molar-refractivity contribution >= 4 is 5.82 Å². The molecule has 1 aliphatic rings. The molecule has 1 heterocycles. The van der Waals surface area contributed by atoms with Crippen molar-refractivity contribution in [2.24, 2.45) is 5.92 Å². The van der Waals surface area contributed by atoms with Gasteiger partial charge in [0, 0.05) is 11.8 Å². The molecule has 4 nitrogen and oxygen atoms in total. The molecule has 18 heavy (non-hydrogen) atoms. The van der Waals surface area contributed by atoms with Crippen molar-refractivity contribution in [3.8, 4) is 0 Å². The molecule has 2 atom stereocenters. The van der Waals surface area contributed by atoms with E-state index >= 15 is 0 Å². The average Bonchev–Trinajstić information content (AvgIpc) is 2.35. The molecule has 0 saturated heterocycles. The number of nitrogens with zero attached hydrogens (tertiary/aromatic N) is 2. The predicted molar refractivity (Wildman–Crippen MR) is 72.0 cm³/mol. The van der Waals surface area contributed by atoms with Gasteiger partial charge in [-0.1, -0.05) is 26.2 Å². The second-order valence-electron chi connectivity index (χ2n) is 5.15. The van der Waals surface area contributed by atoms with Gasteiger partial charge in [0.05, 0.1) is 6.10 Å². The van der Waals surface area contributed by atoms with Crippen molar-refractivity contribution in [1.29, 1.82) is 0 Å². The molecule has 1 aromatic rings. The van der Waals surface area contributed by atoms with Gasteiger partial charge in [0.2, 0.25) is 0 Å². The number of aryl methyl sites for hydroxylation is 1. The fourth-order valence-corrected chi connectivity index (χ4v) is 2.76. The number of nitrogens with two attached hydrogens (primary N) is 1. The van der Waals surface area contributed by atoms with E-state index in [0.717, 1.165) is 5.69 Å². The predicted octanol–water partition coefficient (Wildman–Crippen LogP) is 2.85. The van der Waals surface area contributed by atoms with Crippen LogP contribution in [0.4, 0.5) is 5.82 Å². The van der Waals surface area contributed by atoms with Crippen molar-refractivity contribution in [2.45, 2.75) is 58.7 Å². The van der Waals surface area contributed by atoms with Gasteiger partial charge in [0.15, 0.2) is 5.82 Å². The molecule has 0 aliphatic heterocycles. The van der Waals surface area contributed by atoms with Crippen LogP contribution in [0.5, 0.6) is 0 Å². The third-order valence-electron chi connectivity index (χ3n) is 3.71. The first kappa shape index (κ1) is 13.3. The van der Waals surface area contributed by atoms with Crippen LogP contribution in [0, 0.1) is 12.8 Å². The Morgan fingerprint density at radius 1 is 1.33 bits per heavy atom. The number of rotatable bonds is 4. The fourth-order valence-electron chi connectivity index (χ4n) is 2.76. The molecule has 0 radical (unpaired) electrons. The van der Waals surface area contributed by atoms with Gasteiger partial charge in [-0.2, -0.15) is 0 Å². The summed E-state index contributed by atoms with van der Waals surface area (Å²) >= 11 is 0. The van der Waals surface area contributed by atoms with E-state index in [1.165, 1.54) is 32.1 Å². The maximum Gasteiger partial charge on any atom is 0.156 e. The third kappa shape index (κ3) is 3.42. The summed E-state index contributed by atoms with van der Waals surface area (Å²) in [5, 5.41) is 0. The van der Waals surface area contributed by atoms with Crippen LogP contribution < -0.4 is 5.73 Å². The molecule has 4 heteroatoms. The highest BCUT2D eigenvalue weighted by atomic mass is 16.5. The van der Waals surface area contributed by atoms with Crippen LogP contribution in [0.15, 0.2) is 6.07 Å². The number of aromatic nitrogens is 2. The van der Waals surface area contributed by atoms with Gasteiger partial charge in [0.25, 0.3) is 0 Å². The van der Waals surface area contributed by atoms with Gasteiger partial charge in [-0.05, 0) is 25.7 Å². The van der Waals surface area contributed by atoms with Crippen molar-refractivity contribution in [1.82, 2.24) is 9.97 Å². The van der Waals surface area contributed by atoms with E-state index in [0.29, 0.717) is 30.3 Å². The number of anilines is 1. The second kappa shape index (κ2) is 6.14. The maximum absolute atomic E-state index is 6.00. The van der Waals surface area contributed by atoms with Crippen LogP contribution in [-0.4, -0.2) is 16.1 Å². The van der Waals surface area contributed by atoms with E-state index in [-0.39, 0.29) is 0 Å². The first-order valence-corrected chi connectivity index (χ1v) is 6.90. The number of hydrogen-bond acceptors (Lipinski definition) is 4. The largest absolute Gasteiger partial charge is 0.384 e. The lowest BCUT2D eigenvalue weighted by Gasteiger charge is -2.30. The Hall–Kier alpha value is -1.16. The molecule has 100 valence electrons. The van der Waals surface area contributed by atoms with E-state index in [4.69, 9.17) is 10.5 Å². The van der Waals surface area contributed by atoms with Crippen LogP contribution in [0.2, 0.25) is 0 Å². The number of hydrogen-bond donors (Lipinski definition) is 1. The first-order chi connectivity index (χ1) is 8.69. The van der Waals surface area contributed by atoms with E-state index in [9.17, 15) is 0 Å². The van der Waals surface area contributed by atoms with Crippen LogP contribution >= 0.6 is 0 Å². The Morgan fingerprint density at radius 2 is 2.11 bits per heavy atom. The van der Waals surface area contributed by atoms with Gasteiger partial charge in [-0.15, -0.1) is 0 Å². The number of nitrogen functional groups attached to an aromatic ring is 1. The lowest BCUT2D eigenvalue weighted by Crippen LogP contribution is -2.27. The summed E-state index contributed by atoms with van der Waals surface area (Å²) in [4.78, 5) is 8.56. The zero-order valence-corrected chi connectivity index (χ0v) is 11.4. The Bertz CT molecular complexity index is 374. The Kier molecular flexibility index (Phi) is 4.53. The minimum Gasteiger partial charge on any atom is -0.384 e. The Balaban J connectivity index is 1.93. The quantitative estimate of drug-likeness (QED) is 0.891. The van der Waals surface area contributed by atoms with Crippen molar-refractivity contribution < 1.29 is 4.74 Å². The summed E-state index contributed by atoms with van der Waals surface area (Å²) in [6.07, 6.45) is 6.64. The Morgan fingerprint density at radius 3 is 2.83 bits per heavy atom. The molecule has 2 unspecified atom stereocenters. The van der Waals surface area contributed by atoms with Gasteiger partial charge in [-0.3, -0.25) is 0 Å². The number of ether oxygens (including phenoxy) is 1. The van der Waals surface area contributed by atoms with Crippen LogP contribution in [0.1, 0.15) is 50.5 Å². The van der Waals surface area contributed by atoms with Gasteiger partial charge in [0.1, 0.15) is 12.4 Å². The lowest BCUT2D eigenvalue weighted by molar-refractivity contribution is -0.0248. The van der Waals surface area contributed by atoms with Gasteiger partial charge in [-0.25, -0.2) is 9.97 Å². The summed E-state index contributed by atoms with van der Waals surface area (Å²) < 4.78 is 6.00. The summed E-state index contributed by atoms with van der Waals surface area (Å²) in [7, 11) is 0. The standard InChI is InChI=1S/C14H23N3O/c1-3-11-6-4-5-7-12(11)18-9-14-16-10(2)8-13(15)17-14/h8,11-12H,3-7,9H2,1-2H3,(H2,15,16,17). The molecule has 0 spiro atoms.